The zero-order chi connectivity index (χ0) is 16.7. The zero-order valence-corrected chi connectivity index (χ0v) is 13.1. The van der Waals surface area contributed by atoms with Crippen LogP contribution in [-0.4, -0.2) is 28.4 Å². The highest BCUT2D eigenvalue weighted by molar-refractivity contribution is 6.23. The molecule has 0 atom stereocenters. The molecular formula is C18H18N2O3. The molecule has 0 aliphatic carbocycles. The minimum absolute atomic E-state index is 0.0434. The van der Waals surface area contributed by atoms with Crippen molar-refractivity contribution in [3.63, 3.8) is 0 Å². The lowest BCUT2D eigenvalue weighted by Gasteiger charge is -2.10. The molecule has 5 heteroatoms. The number of esters is 1. The number of aliphatic imine (C=N–C) groups is 1. The second kappa shape index (κ2) is 7.89. The number of aromatic nitrogens is 1. The maximum Gasteiger partial charge on any atom is 0.343 e. The highest BCUT2D eigenvalue weighted by Crippen LogP contribution is 2.20. The predicted molar refractivity (Wildman–Crippen MR) is 89.6 cm³/mol. The number of rotatable bonds is 5. The highest BCUT2D eigenvalue weighted by atomic mass is 16.5. The van der Waals surface area contributed by atoms with Gasteiger partial charge in [-0.3, -0.25) is 9.98 Å². The van der Waals surface area contributed by atoms with E-state index in [4.69, 9.17) is 4.74 Å². The van der Waals surface area contributed by atoms with Gasteiger partial charge in [-0.25, -0.2) is 4.79 Å². The topological polar surface area (TPSA) is 71.8 Å². The van der Waals surface area contributed by atoms with Crippen molar-refractivity contribution < 1.29 is 14.6 Å². The first-order valence-corrected chi connectivity index (χ1v) is 7.25. The van der Waals surface area contributed by atoms with E-state index >= 15 is 0 Å². The number of aliphatic hydroxyl groups excluding tert-OH is 1. The Hall–Kier alpha value is -2.95. The Morgan fingerprint density at radius 2 is 1.96 bits per heavy atom. The van der Waals surface area contributed by atoms with E-state index < -0.39 is 5.97 Å². The summed E-state index contributed by atoms with van der Waals surface area (Å²) in [6, 6.07) is 12.3. The fourth-order valence-electron chi connectivity index (χ4n) is 2.03. The van der Waals surface area contributed by atoms with Crippen molar-refractivity contribution in [2.75, 3.05) is 6.61 Å². The van der Waals surface area contributed by atoms with Gasteiger partial charge in [-0.05, 0) is 26.0 Å². The summed E-state index contributed by atoms with van der Waals surface area (Å²) in [7, 11) is 0. The number of pyridine rings is 1. The maximum absolute atomic E-state index is 12.3. The molecule has 1 aromatic carbocycles. The van der Waals surface area contributed by atoms with Gasteiger partial charge in [0.2, 0.25) is 0 Å². The van der Waals surface area contributed by atoms with Crippen molar-refractivity contribution in [3.8, 4) is 0 Å². The maximum atomic E-state index is 12.3. The van der Waals surface area contributed by atoms with Crippen LogP contribution in [0.3, 0.4) is 0 Å². The van der Waals surface area contributed by atoms with E-state index in [9.17, 15) is 9.90 Å². The van der Waals surface area contributed by atoms with E-state index in [0.29, 0.717) is 17.0 Å². The third kappa shape index (κ3) is 4.26. The van der Waals surface area contributed by atoms with Crippen LogP contribution in [0.1, 0.15) is 19.4 Å². The number of hydrogen-bond donors (Lipinski definition) is 1. The first-order chi connectivity index (χ1) is 11.1. The van der Waals surface area contributed by atoms with E-state index in [0.717, 1.165) is 0 Å². The quantitative estimate of drug-likeness (QED) is 0.395. The lowest BCUT2D eigenvalue weighted by Crippen LogP contribution is -2.16. The van der Waals surface area contributed by atoms with Crippen molar-refractivity contribution in [1.82, 2.24) is 4.98 Å². The van der Waals surface area contributed by atoms with Crippen LogP contribution in [0.25, 0.3) is 5.76 Å². The number of hydrogen-bond acceptors (Lipinski definition) is 5. The SMILES string of the molecule is CCOC(=O)C(C(C)=Nc1cccnc1)=C(O)c1ccccc1. The van der Waals surface area contributed by atoms with E-state index in [-0.39, 0.29) is 17.9 Å². The predicted octanol–water partition coefficient (Wildman–Crippen LogP) is 3.71. The first-order valence-electron chi connectivity index (χ1n) is 7.25. The van der Waals surface area contributed by atoms with Crippen LogP contribution in [-0.2, 0) is 9.53 Å². The summed E-state index contributed by atoms with van der Waals surface area (Å²) in [5.41, 5.74) is 1.52. The highest BCUT2D eigenvalue weighted by Gasteiger charge is 2.21. The van der Waals surface area contributed by atoms with E-state index in [1.807, 2.05) is 6.07 Å². The molecule has 0 bridgehead atoms. The Morgan fingerprint density at radius 1 is 1.22 bits per heavy atom. The van der Waals surface area contributed by atoms with Crippen molar-refractivity contribution in [2.24, 2.45) is 4.99 Å². The molecule has 2 aromatic rings. The fourth-order valence-corrected chi connectivity index (χ4v) is 2.03. The van der Waals surface area contributed by atoms with Crippen LogP contribution in [0.15, 0.2) is 65.4 Å². The molecule has 1 aromatic heterocycles. The van der Waals surface area contributed by atoms with Gasteiger partial charge in [-0.1, -0.05) is 30.3 Å². The summed E-state index contributed by atoms with van der Waals surface area (Å²) in [6.07, 6.45) is 3.21. The standard InChI is InChI=1S/C18H18N2O3/c1-3-23-18(22)16(17(21)14-8-5-4-6-9-14)13(2)20-15-10-7-11-19-12-15/h4-12,21H,3H2,1-2H3. The number of carbonyl (C=O) groups excluding carboxylic acids is 1. The van der Waals surface area contributed by atoms with E-state index in [2.05, 4.69) is 9.98 Å². The molecular weight excluding hydrogens is 292 g/mol. The fraction of sp³-hybridized carbons (Fsp3) is 0.167. The molecule has 0 saturated carbocycles. The molecule has 0 spiro atoms. The average Bonchev–Trinajstić information content (AvgIpc) is 2.57. The monoisotopic (exact) mass is 310 g/mol. The van der Waals surface area contributed by atoms with Crippen LogP contribution in [0.2, 0.25) is 0 Å². The van der Waals surface area contributed by atoms with Gasteiger partial charge in [0.1, 0.15) is 11.3 Å². The summed E-state index contributed by atoms with van der Waals surface area (Å²) >= 11 is 0. The second-order valence-electron chi connectivity index (χ2n) is 4.72. The van der Waals surface area contributed by atoms with Gasteiger partial charge in [0.15, 0.2) is 0 Å². The molecule has 0 unspecified atom stereocenters. The number of benzene rings is 1. The number of aliphatic hydroxyl groups is 1. The Morgan fingerprint density at radius 3 is 2.57 bits per heavy atom. The smallest absolute Gasteiger partial charge is 0.343 e. The minimum atomic E-state index is -0.612. The average molecular weight is 310 g/mol. The molecule has 118 valence electrons. The third-order valence-electron chi connectivity index (χ3n) is 3.07. The number of ether oxygens (including phenoxy) is 1. The van der Waals surface area contributed by atoms with Gasteiger partial charge in [0, 0.05) is 11.8 Å². The Labute approximate surface area is 135 Å². The summed E-state index contributed by atoms with van der Waals surface area (Å²) in [6.45, 7) is 3.58. The molecule has 0 saturated heterocycles. The second-order valence-corrected chi connectivity index (χ2v) is 4.72. The van der Waals surface area contributed by atoms with Gasteiger partial charge in [0.05, 0.1) is 24.2 Å². The lowest BCUT2D eigenvalue weighted by molar-refractivity contribution is -0.137. The number of nitrogens with zero attached hydrogens (tertiary/aromatic N) is 2. The molecule has 0 aliphatic heterocycles. The van der Waals surface area contributed by atoms with Gasteiger partial charge in [-0.2, -0.15) is 0 Å². The zero-order valence-electron chi connectivity index (χ0n) is 13.1. The summed E-state index contributed by atoms with van der Waals surface area (Å²) in [5.74, 6) is -0.770. The Balaban J connectivity index is 2.50. The van der Waals surface area contributed by atoms with Crippen LogP contribution < -0.4 is 0 Å². The van der Waals surface area contributed by atoms with Gasteiger partial charge < -0.3 is 9.84 Å². The van der Waals surface area contributed by atoms with E-state index in [1.165, 1.54) is 0 Å². The Bertz CT molecular complexity index is 722. The molecule has 5 nitrogen and oxygen atoms in total. The van der Waals surface area contributed by atoms with Crippen LogP contribution in [0.4, 0.5) is 5.69 Å². The summed E-state index contributed by atoms with van der Waals surface area (Å²) < 4.78 is 5.05. The minimum Gasteiger partial charge on any atom is -0.506 e. The molecule has 2 rings (SSSR count). The third-order valence-corrected chi connectivity index (χ3v) is 3.07. The first kappa shape index (κ1) is 16.4. The van der Waals surface area contributed by atoms with Crippen molar-refractivity contribution in [1.29, 1.82) is 0 Å². The molecule has 0 radical (unpaired) electrons. The van der Waals surface area contributed by atoms with Gasteiger partial charge in [0.25, 0.3) is 0 Å². The summed E-state index contributed by atoms with van der Waals surface area (Å²) in [4.78, 5) is 20.6. The van der Waals surface area contributed by atoms with Crippen LogP contribution in [0, 0.1) is 0 Å². The van der Waals surface area contributed by atoms with Gasteiger partial charge >= 0.3 is 5.97 Å². The molecule has 0 aliphatic rings. The van der Waals surface area contributed by atoms with Crippen molar-refractivity contribution in [2.45, 2.75) is 13.8 Å². The largest absolute Gasteiger partial charge is 0.506 e. The molecule has 1 N–H and O–H groups in total. The van der Waals surface area contributed by atoms with Crippen LogP contribution >= 0.6 is 0 Å². The van der Waals surface area contributed by atoms with Gasteiger partial charge in [-0.15, -0.1) is 0 Å². The molecule has 0 amide bonds. The summed E-state index contributed by atoms with van der Waals surface area (Å²) in [5, 5.41) is 10.5. The van der Waals surface area contributed by atoms with Crippen molar-refractivity contribution >= 4 is 23.1 Å². The Kier molecular flexibility index (Phi) is 5.63. The molecule has 0 fully saturated rings. The molecule has 1 heterocycles. The lowest BCUT2D eigenvalue weighted by atomic mass is 10.0. The molecule has 23 heavy (non-hydrogen) atoms. The van der Waals surface area contributed by atoms with E-state index in [1.54, 1.807) is 62.6 Å². The normalized spacial score (nSPS) is 12.5. The van der Waals surface area contributed by atoms with Crippen molar-refractivity contribution in [3.05, 3.63) is 66.0 Å². The number of carbonyl (C=O) groups is 1. The van der Waals surface area contributed by atoms with Crippen LogP contribution in [0.5, 0.6) is 0 Å².